The van der Waals surface area contributed by atoms with E-state index in [2.05, 4.69) is 92.1 Å². The minimum atomic E-state index is -1.79. The fraction of sp³-hybridized carbons (Fsp3) is 0.856. The van der Waals surface area contributed by atoms with Crippen molar-refractivity contribution in [2.75, 3.05) is 19.8 Å². The van der Waals surface area contributed by atoms with Crippen LogP contribution in [0.15, 0.2) is 72.9 Å². The zero-order valence-corrected chi connectivity index (χ0v) is 67.0. The van der Waals surface area contributed by atoms with E-state index >= 15 is 0 Å². The molecule has 0 radical (unpaired) electrons. The molecule has 2 heterocycles. The van der Waals surface area contributed by atoms with Crippen LogP contribution in [0.1, 0.15) is 399 Å². The van der Waals surface area contributed by atoms with E-state index in [1.54, 1.807) is 0 Å². The van der Waals surface area contributed by atoms with Crippen molar-refractivity contribution in [3.8, 4) is 0 Å². The van der Waals surface area contributed by atoms with Gasteiger partial charge in [0.2, 0.25) is 5.91 Å². The molecular weight excluding hydrogens is 1300 g/mol. The Kier molecular flexibility index (Phi) is 68.7. The first-order valence-corrected chi connectivity index (χ1v) is 44.2. The van der Waals surface area contributed by atoms with E-state index in [4.69, 9.17) is 18.9 Å². The lowest BCUT2D eigenvalue weighted by Gasteiger charge is -2.46. The first-order chi connectivity index (χ1) is 51.1. The van der Waals surface area contributed by atoms with Gasteiger partial charge in [-0.15, -0.1) is 0 Å². The Balaban J connectivity index is 1.56. The largest absolute Gasteiger partial charge is 0.394 e. The van der Waals surface area contributed by atoms with E-state index in [1.807, 2.05) is 0 Å². The Hall–Kier alpha value is -2.57. The van der Waals surface area contributed by atoms with Gasteiger partial charge in [0.25, 0.3) is 0 Å². The van der Waals surface area contributed by atoms with E-state index in [-0.39, 0.29) is 12.5 Å². The number of hydrogen-bond acceptors (Lipinski definition) is 13. The number of aliphatic hydroxyl groups is 8. The fourth-order valence-corrected chi connectivity index (χ4v) is 14.5. The van der Waals surface area contributed by atoms with Crippen LogP contribution < -0.4 is 5.32 Å². The van der Waals surface area contributed by atoms with Crippen LogP contribution in [0.2, 0.25) is 0 Å². The van der Waals surface area contributed by atoms with Crippen LogP contribution in [-0.2, 0) is 23.7 Å². The van der Waals surface area contributed by atoms with Gasteiger partial charge in [-0.05, 0) is 64.2 Å². The number of unbranched alkanes of at least 4 members (excludes halogenated alkanes) is 50. The van der Waals surface area contributed by atoms with Gasteiger partial charge >= 0.3 is 0 Å². The van der Waals surface area contributed by atoms with Crippen molar-refractivity contribution in [3.63, 3.8) is 0 Å². The zero-order chi connectivity index (χ0) is 75.1. The third-order valence-electron chi connectivity index (χ3n) is 21.4. The zero-order valence-electron chi connectivity index (χ0n) is 67.0. The molecule has 2 aliphatic rings. The Morgan fingerprint density at radius 2 is 0.663 bits per heavy atom. The van der Waals surface area contributed by atoms with Gasteiger partial charge in [0, 0.05) is 6.42 Å². The van der Waals surface area contributed by atoms with Crippen LogP contribution in [0, 0.1) is 0 Å². The number of rotatable bonds is 75. The maximum Gasteiger partial charge on any atom is 0.220 e. The summed E-state index contributed by atoms with van der Waals surface area (Å²) < 4.78 is 23.0. The monoisotopic (exact) mass is 1470 g/mol. The van der Waals surface area contributed by atoms with Crippen molar-refractivity contribution in [2.24, 2.45) is 0 Å². The molecule has 14 nitrogen and oxygen atoms in total. The van der Waals surface area contributed by atoms with Gasteiger partial charge in [0.1, 0.15) is 48.8 Å². The standard InChI is InChI=1S/C90H165NO13/c1-3-5-7-9-11-13-15-17-19-21-23-25-27-29-31-33-35-37-38-39-40-42-44-46-48-50-52-54-56-58-60-62-64-66-68-70-72-74-82(95)91-78(77-101-89-87(100)85(98)88(81(76-93)103-89)104-90-86(99)84(97)83(96)80(75-92)102-90)79(94)73-71-69-67-65-63-61-59-57-55-53-51-49-47-45-43-41-36-34-32-30-28-26-24-22-20-18-16-14-12-10-8-6-4-2/h5,7,11,13,17,19,23,25,29,31,35,37,78-81,83-90,92-94,96-100H,3-4,6,8-10,12,14-16,18,20-22,24,26-28,30,32-34,36,38-77H2,1-2H3,(H,91,95)/b7-5-,13-11-,19-17-,25-23-,31-29-,37-35-. The minimum Gasteiger partial charge on any atom is -0.394 e. The van der Waals surface area contributed by atoms with Gasteiger partial charge in [0.15, 0.2) is 12.6 Å². The number of carbonyl (C=O) groups is 1. The van der Waals surface area contributed by atoms with E-state index < -0.39 is 86.8 Å². The molecule has 2 rings (SSSR count). The van der Waals surface area contributed by atoms with Crippen molar-refractivity contribution in [1.29, 1.82) is 0 Å². The molecule has 14 heteroatoms. The molecule has 2 fully saturated rings. The van der Waals surface area contributed by atoms with Gasteiger partial charge in [-0.1, -0.05) is 401 Å². The van der Waals surface area contributed by atoms with Crippen LogP contribution >= 0.6 is 0 Å². The van der Waals surface area contributed by atoms with Crippen molar-refractivity contribution >= 4 is 5.91 Å². The topological polar surface area (TPSA) is 228 Å². The maximum absolute atomic E-state index is 13.4. The van der Waals surface area contributed by atoms with E-state index in [1.165, 1.54) is 283 Å². The molecule has 12 unspecified atom stereocenters. The van der Waals surface area contributed by atoms with Crippen molar-refractivity contribution in [1.82, 2.24) is 5.32 Å². The maximum atomic E-state index is 13.4. The van der Waals surface area contributed by atoms with Crippen LogP contribution in [0.3, 0.4) is 0 Å². The summed E-state index contributed by atoms with van der Waals surface area (Å²) in [7, 11) is 0. The number of ether oxygens (including phenoxy) is 4. The third kappa shape index (κ3) is 54.9. The first kappa shape index (κ1) is 97.5. The second-order valence-electron chi connectivity index (χ2n) is 31.0. The number of amides is 1. The molecule has 0 bridgehead atoms. The predicted molar refractivity (Wildman–Crippen MR) is 433 cm³/mol. The van der Waals surface area contributed by atoms with Crippen LogP contribution in [0.4, 0.5) is 0 Å². The lowest BCUT2D eigenvalue weighted by atomic mass is 9.97. The minimum absolute atomic E-state index is 0.200. The Labute approximate surface area is 638 Å². The summed E-state index contributed by atoms with van der Waals surface area (Å²) in [4.78, 5) is 13.4. The van der Waals surface area contributed by atoms with Crippen LogP contribution in [0.5, 0.6) is 0 Å². The summed E-state index contributed by atoms with van der Waals surface area (Å²) in [6.07, 6.45) is 85.4. The highest BCUT2D eigenvalue weighted by atomic mass is 16.7. The first-order valence-electron chi connectivity index (χ1n) is 44.2. The average molecular weight is 1470 g/mol. The quantitative estimate of drug-likeness (QED) is 0.0204. The summed E-state index contributed by atoms with van der Waals surface area (Å²) in [5.74, 6) is -0.200. The highest BCUT2D eigenvalue weighted by molar-refractivity contribution is 5.76. The molecule has 1 amide bonds. The molecule has 608 valence electrons. The molecule has 9 N–H and O–H groups in total. The lowest BCUT2D eigenvalue weighted by Crippen LogP contribution is -2.65. The van der Waals surface area contributed by atoms with Gasteiger partial charge in [0.05, 0.1) is 32.0 Å². The number of allylic oxidation sites excluding steroid dienone is 12. The summed E-state index contributed by atoms with van der Waals surface area (Å²) >= 11 is 0. The molecule has 0 aromatic carbocycles. The van der Waals surface area contributed by atoms with Crippen LogP contribution in [0.25, 0.3) is 0 Å². The molecule has 0 aromatic rings. The molecule has 2 saturated heterocycles. The number of aliphatic hydroxyl groups excluding tert-OH is 8. The third-order valence-corrected chi connectivity index (χ3v) is 21.4. The van der Waals surface area contributed by atoms with Crippen LogP contribution in [-0.4, -0.2) is 140 Å². The van der Waals surface area contributed by atoms with Crippen molar-refractivity contribution in [3.05, 3.63) is 72.9 Å². The summed E-state index contributed by atoms with van der Waals surface area (Å²) in [5.41, 5.74) is 0. The summed E-state index contributed by atoms with van der Waals surface area (Å²) in [6, 6.07) is -0.833. The van der Waals surface area contributed by atoms with E-state index in [9.17, 15) is 45.6 Å². The molecule has 2 aliphatic heterocycles. The highest BCUT2D eigenvalue weighted by Gasteiger charge is 2.51. The second-order valence-corrected chi connectivity index (χ2v) is 31.0. The molecule has 0 aliphatic carbocycles. The fourth-order valence-electron chi connectivity index (χ4n) is 14.5. The Morgan fingerprint density at radius 1 is 0.356 bits per heavy atom. The van der Waals surface area contributed by atoms with Gasteiger partial charge in [-0.25, -0.2) is 0 Å². The van der Waals surface area contributed by atoms with Gasteiger partial charge in [-0.3, -0.25) is 4.79 Å². The Morgan fingerprint density at radius 3 is 1.02 bits per heavy atom. The smallest absolute Gasteiger partial charge is 0.220 e. The Bertz CT molecular complexity index is 2030. The SMILES string of the molecule is CC/C=C\C/C=C\C/C=C\C/C=C\C/C=C\C/C=C\CCCCCCCCCCCCCCCCCCCCC(=O)NC(COC1OC(CO)C(OC2OC(CO)C(O)C(O)C2O)C(O)C1O)C(O)CCCCCCCCCCCCCCCCCCCCCCCCCCCCCCCCCCC. The predicted octanol–water partition coefficient (Wildman–Crippen LogP) is 21.3. The number of hydrogen-bond donors (Lipinski definition) is 9. The van der Waals surface area contributed by atoms with E-state index in [0.717, 1.165) is 89.9 Å². The molecule has 0 spiro atoms. The van der Waals surface area contributed by atoms with Gasteiger partial charge in [-0.2, -0.15) is 0 Å². The molecule has 104 heavy (non-hydrogen) atoms. The molecule has 12 atom stereocenters. The highest BCUT2D eigenvalue weighted by Crippen LogP contribution is 2.31. The number of nitrogens with one attached hydrogen (secondary N) is 1. The molecular formula is C90H165NO13. The summed E-state index contributed by atoms with van der Waals surface area (Å²) in [5, 5.41) is 88.1. The normalized spacial score (nSPS) is 21.8. The van der Waals surface area contributed by atoms with Gasteiger partial charge < -0.3 is 65.1 Å². The lowest BCUT2D eigenvalue weighted by molar-refractivity contribution is -0.359. The molecule has 0 saturated carbocycles. The van der Waals surface area contributed by atoms with Crippen molar-refractivity contribution in [2.45, 2.75) is 473 Å². The average Bonchev–Trinajstić information content (AvgIpc) is 0.790. The van der Waals surface area contributed by atoms with E-state index in [0.29, 0.717) is 12.8 Å². The summed E-state index contributed by atoms with van der Waals surface area (Å²) in [6.45, 7) is 2.81. The molecule has 0 aromatic heterocycles. The number of carbonyl (C=O) groups excluding carboxylic acids is 1. The van der Waals surface area contributed by atoms with Crippen molar-refractivity contribution < 1.29 is 64.6 Å². The second kappa shape index (κ2) is 73.2.